The first-order valence-electron chi connectivity index (χ1n) is 10.6. The zero-order valence-corrected chi connectivity index (χ0v) is 17.9. The van der Waals surface area contributed by atoms with E-state index in [-0.39, 0.29) is 17.7 Å². The number of carbonyl (C=O) groups excluding carboxylic acids is 1. The van der Waals surface area contributed by atoms with Gasteiger partial charge in [0.2, 0.25) is 0 Å². The minimum absolute atomic E-state index is 0.0460. The molecule has 1 amide bonds. The minimum Gasteiger partial charge on any atom is -0.367 e. The number of hydrogen-bond acceptors (Lipinski definition) is 4. The second-order valence-electron chi connectivity index (χ2n) is 8.16. The van der Waals surface area contributed by atoms with E-state index in [1.165, 1.54) is 11.1 Å². The summed E-state index contributed by atoms with van der Waals surface area (Å²) in [4.78, 5) is 15.5. The van der Waals surface area contributed by atoms with Crippen molar-refractivity contribution in [1.29, 1.82) is 0 Å². The summed E-state index contributed by atoms with van der Waals surface area (Å²) in [5, 5.41) is 3.02. The van der Waals surface area contributed by atoms with Gasteiger partial charge < -0.3 is 10.2 Å². The molecule has 1 N–H and O–H groups in total. The van der Waals surface area contributed by atoms with Gasteiger partial charge in [-0.15, -0.1) is 0 Å². The van der Waals surface area contributed by atoms with E-state index in [2.05, 4.69) is 34.5 Å². The monoisotopic (exact) mass is 432 g/mol. The summed E-state index contributed by atoms with van der Waals surface area (Å²) in [6, 6.07) is 22.8. The first kappa shape index (κ1) is 19.8. The van der Waals surface area contributed by atoms with Gasteiger partial charge in [-0.2, -0.15) is 0 Å². The van der Waals surface area contributed by atoms with Gasteiger partial charge in [-0.3, -0.25) is 4.79 Å². The van der Waals surface area contributed by atoms with E-state index in [1.54, 1.807) is 18.2 Å². The van der Waals surface area contributed by atoms with Gasteiger partial charge >= 0.3 is 0 Å². The van der Waals surface area contributed by atoms with Crippen molar-refractivity contribution in [2.75, 3.05) is 17.2 Å². The molecule has 5 rings (SSSR count). The van der Waals surface area contributed by atoms with Crippen molar-refractivity contribution >= 4 is 21.4 Å². The van der Waals surface area contributed by atoms with Crippen LogP contribution in [0.1, 0.15) is 39.5 Å². The Morgan fingerprint density at radius 2 is 1.61 bits per heavy atom. The second-order valence-corrected chi connectivity index (χ2v) is 10.2. The standard InChI is InChI=1S/C25H24N2O3S/c28-25(26-23-14-16-31(29,30)24-8-4-3-7-22(23)24)19-9-11-21(12-10-19)27-15-13-18-5-1-2-6-20(18)17-27/h1-12,23H,13-17H2,(H,26,28). The van der Waals surface area contributed by atoms with E-state index in [0.717, 1.165) is 25.2 Å². The van der Waals surface area contributed by atoms with Crippen LogP contribution in [0.2, 0.25) is 0 Å². The molecular formula is C25H24N2O3S. The maximum atomic E-state index is 12.9. The molecule has 1 unspecified atom stereocenters. The summed E-state index contributed by atoms with van der Waals surface area (Å²) in [5.41, 5.74) is 5.10. The first-order valence-corrected chi connectivity index (χ1v) is 12.2. The van der Waals surface area contributed by atoms with E-state index < -0.39 is 9.84 Å². The third-order valence-corrected chi connectivity index (χ3v) is 8.05. The van der Waals surface area contributed by atoms with E-state index >= 15 is 0 Å². The van der Waals surface area contributed by atoms with E-state index in [0.29, 0.717) is 22.4 Å². The van der Waals surface area contributed by atoms with Gasteiger partial charge in [0.1, 0.15) is 0 Å². The second kappa shape index (κ2) is 7.85. The summed E-state index contributed by atoms with van der Waals surface area (Å²) in [5.74, 6) is -0.140. The molecule has 1 atom stereocenters. The molecule has 0 fully saturated rings. The molecule has 6 heteroatoms. The van der Waals surface area contributed by atoms with E-state index in [9.17, 15) is 13.2 Å². The molecular weight excluding hydrogens is 408 g/mol. The fourth-order valence-electron chi connectivity index (χ4n) is 4.52. The van der Waals surface area contributed by atoms with Gasteiger partial charge in [0, 0.05) is 24.3 Å². The fourth-order valence-corrected chi connectivity index (χ4v) is 6.14. The molecule has 0 saturated carbocycles. The van der Waals surface area contributed by atoms with Gasteiger partial charge in [0.15, 0.2) is 9.84 Å². The fraction of sp³-hybridized carbons (Fsp3) is 0.240. The maximum Gasteiger partial charge on any atom is 0.251 e. The van der Waals surface area contributed by atoms with E-state index in [4.69, 9.17) is 0 Å². The number of rotatable bonds is 3. The highest BCUT2D eigenvalue weighted by molar-refractivity contribution is 7.91. The first-order chi connectivity index (χ1) is 15.0. The number of amides is 1. The Kier molecular flexibility index (Phi) is 5.02. The van der Waals surface area contributed by atoms with Crippen LogP contribution in [-0.2, 0) is 22.8 Å². The third kappa shape index (κ3) is 3.83. The van der Waals surface area contributed by atoms with Crippen molar-refractivity contribution in [3.63, 3.8) is 0 Å². The molecule has 0 aliphatic carbocycles. The quantitative estimate of drug-likeness (QED) is 0.682. The zero-order valence-electron chi connectivity index (χ0n) is 17.1. The smallest absolute Gasteiger partial charge is 0.251 e. The normalized spacial score (nSPS) is 19.2. The number of benzene rings is 3. The third-order valence-electron chi connectivity index (χ3n) is 6.24. The average Bonchev–Trinajstić information content (AvgIpc) is 2.81. The Morgan fingerprint density at radius 1 is 0.903 bits per heavy atom. The molecule has 0 saturated heterocycles. The number of hydrogen-bond donors (Lipinski definition) is 1. The zero-order chi connectivity index (χ0) is 21.4. The summed E-state index contributed by atoms with van der Waals surface area (Å²) in [6.07, 6.45) is 1.40. The lowest BCUT2D eigenvalue weighted by molar-refractivity contribution is 0.0934. The lowest BCUT2D eigenvalue weighted by Gasteiger charge is -2.31. The predicted octanol–water partition coefficient (Wildman–Crippen LogP) is 3.90. The van der Waals surface area contributed by atoms with Crippen molar-refractivity contribution in [3.8, 4) is 0 Å². The van der Waals surface area contributed by atoms with Crippen molar-refractivity contribution in [2.24, 2.45) is 0 Å². The van der Waals surface area contributed by atoms with Gasteiger partial charge in [-0.1, -0.05) is 42.5 Å². The lowest BCUT2D eigenvalue weighted by Crippen LogP contribution is -2.34. The molecule has 3 aromatic carbocycles. The number of fused-ring (bicyclic) bond motifs is 2. The Labute approximate surface area is 182 Å². The largest absolute Gasteiger partial charge is 0.367 e. The summed E-state index contributed by atoms with van der Waals surface area (Å²) in [7, 11) is -3.27. The van der Waals surface area contributed by atoms with Crippen LogP contribution in [0.4, 0.5) is 5.69 Å². The van der Waals surface area contributed by atoms with Crippen LogP contribution in [0.5, 0.6) is 0 Å². The number of nitrogens with zero attached hydrogens (tertiary/aromatic N) is 1. The molecule has 31 heavy (non-hydrogen) atoms. The molecule has 0 aromatic heterocycles. The Balaban J connectivity index is 1.30. The van der Waals surface area contributed by atoms with Crippen molar-refractivity contribution in [3.05, 3.63) is 95.1 Å². The summed E-state index contributed by atoms with van der Waals surface area (Å²) < 4.78 is 24.6. The highest BCUT2D eigenvalue weighted by Crippen LogP contribution is 2.32. The topological polar surface area (TPSA) is 66.5 Å². The van der Waals surface area contributed by atoms with Crippen LogP contribution in [-0.4, -0.2) is 26.6 Å². The van der Waals surface area contributed by atoms with Gasteiger partial charge in [0.25, 0.3) is 5.91 Å². The molecule has 5 nitrogen and oxygen atoms in total. The van der Waals surface area contributed by atoms with Crippen LogP contribution in [0.15, 0.2) is 77.7 Å². The van der Waals surface area contributed by atoms with Crippen molar-refractivity contribution in [1.82, 2.24) is 5.32 Å². The van der Waals surface area contributed by atoms with Crippen molar-refractivity contribution in [2.45, 2.75) is 30.3 Å². The van der Waals surface area contributed by atoms with E-state index in [1.807, 2.05) is 30.3 Å². The minimum atomic E-state index is -3.27. The summed E-state index contributed by atoms with van der Waals surface area (Å²) in [6.45, 7) is 1.82. The SMILES string of the molecule is O=C(NC1CCS(=O)(=O)c2ccccc21)c1ccc(N2CCc3ccccc3C2)cc1. The van der Waals surface area contributed by atoms with Crippen LogP contribution >= 0.6 is 0 Å². The molecule has 0 radical (unpaired) electrons. The molecule has 2 heterocycles. The highest BCUT2D eigenvalue weighted by Gasteiger charge is 2.31. The van der Waals surface area contributed by atoms with Crippen LogP contribution in [0.25, 0.3) is 0 Å². The van der Waals surface area contributed by atoms with Crippen LogP contribution < -0.4 is 10.2 Å². The molecule has 3 aromatic rings. The Bertz CT molecular complexity index is 1240. The van der Waals surface area contributed by atoms with Crippen molar-refractivity contribution < 1.29 is 13.2 Å². The van der Waals surface area contributed by atoms with Gasteiger partial charge in [-0.05, 0) is 59.9 Å². The molecule has 158 valence electrons. The molecule has 0 bridgehead atoms. The number of carbonyl (C=O) groups is 1. The molecule has 2 aliphatic rings. The average molecular weight is 433 g/mol. The number of sulfone groups is 1. The molecule has 0 spiro atoms. The Hall–Kier alpha value is -3.12. The maximum absolute atomic E-state index is 12.9. The highest BCUT2D eigenvalue weighted by atomic mass is 32.2. The summed E-state index contributed by atoms with van der Waals surface area (Å²) >= 11 is 0. The number of nitrogens with one attached hydrogen (secondary N) is 1. The van der Waals surface area contributed by atoms with Gasteiger partial charge in [-0.25, -0.2) is 8.42 Å². The predicted molar refractivity (Wildman–Crippen MR) is 121 cm³/mol. The molecule has 2 aliphatic heterocycles. The van der Waals surface area contributed by atoms with Crippen LogP contribution in [0, 0.1) is 0 Å². The van der Waals surface area contributed by atoms with Crippen LogP contribution in [0.3, 0.4) is 0 Å². The lowest BCUT2D eigenvalue weighted by atomic mass is 9.99. The Morgan fingerprint density at radius 3 is 2.42 bits per heavy atom. The number of anilines is 1. The van der Waals surface area contributed by atoms with Gasteiger partial charge in [0.05, 0.1) is 16.7 Å².